The lowest BCUT2D eigenvalue weighted by Gasteiger charge is -2.34. The lowest BCUT2D eigenvalue weighted by Crippen LogP contribution is -2.50. The van der Waals surface area contributed by atoms with Gasteiger partial charge in [-0.15, -0.1) is 0 Å². The molecule has 1 heterocycles. The van der Waals surface area contributed by atoms with E-state index < -0.39 is 0 Å². The highest BCUT2D eigenvalue weighted by atomic mass is 35.5. The summed E-state index contributed by atoms with van der Waals surface area (Å²) in [6.45, 7) is 6.89. The molecule has 0 aliphatic carbocycles. The maximum Gasteiger partial charge on any atom is 0.234 e. The first-order valence-corrected chi connectivity index (χ1v) is 8.52. The average Bonchev–Trinajstić information content (AvgIpc) is 2.52. The fourth-order valence-corrected chi connectivity index (χ4v) is 3.04. The highest BCUT2D eigenvalue weighted by molar-refractivity contribution is 6.31. The van der Waals surface area contributed by atoms with Crippen molar-refractivity contribution < 1.29 is 13.9 Å². The Bertz CT molecular complexity index is 551. The molecule has 0 aromatic heterocycles. The van der Waals surface area contributed by atoms with E-state index in [2.05, 4.69) is 15.1 Å². The van der Waals surface area contributed by atoms with Crippen molar-refractivity contribution >= 4 is 17.5 Å². The molecule has 5 nitrogen and oxygen atoms in total. The van der Waals surface area contributed by atoms with Crippen LogP contribution in [-0.2, 0) is 16.1 Å². The first kappa shape index (κ1) is 19.1. The zero-order valence-corrected chi connectivity index (χ0v) is 15.0. The minimum atomic E-state index is -0.317. The molecule has 1 unspecified atom stereocenters. The van der Waals surface area contributed by atoms with Gasteiger partial charge in [-0.25, -0.2) is 4.39 Å². The number of amides is 1. The first-order valence-electron chi connectivity index (χ1n) is 8.15. The van der Waals surface area contributed by atoms with Crippen molar-refractivity contribution in [2.75, 3.05) is 46.4 Å². The van der Waals surface area contributed by atoms with Crippen LogP contribution in [-0.4, -0.2) is 68.2 Å². The van der Waals surface area contributed by atoms with Gasteiger partial charge in [-0.05, 0) is 24.6 Å². The minimum absolute atomic E-state index is 0.0180. The molecular formula is C17H25ClFN3O2. The number of carbonyl (C=O) groups excluding carboxylic acids is 1. The van der Waals surface area contributed by atoms with Crippen molar-refractivity contribution in [1.29, 1.82) is 0 Å². The van der Waals surface area contributed by atoms with Crippen molar-refractivity contribution in [3.05, 3.63) is 34.6 Å². The Labute approximate surface area is 147 Å². The number of methoxy groups -OCH3 is 1. The van der Waals surface area contributed by atoms with Crippen LogP contribution in [0.4, 0.5) is 4.39 Å². The van der Waals surface area contributed by atoms with E-state index in [0.717, 1.165) is 31.7 Å². The number of halogens is 2. The highest BCUT2D eigenvalue weighted by Gasteiger charge is 2.20. The van der Waals surface area contributed by atoms with E-state index in [1.807, 2.05) is 6.92 Å². The van der Waals surface area contributed by atoms with E-state index in [-0.39, 0.29) is 17.8 Å². The van der Waals surface area contributed by atoms with Gasteiger partial charge in [-0.3, -0.25) is 14.6 Å². The number of ether oxygens (including phenoxy) is 1. The standard InChI is InChI=1S/C17H25ClFN3O2/c1-13(12-24-2)20-17(23)11-22-7-5-21(6-8-22)10-14-3-4-15(19)9-16(14)18/h3-4,9,13H,5-8,10-12H2,1-2H3,(H,20,23). The molecule has 1 amide bonds. The summed E-state index contributed by atoms with van der Waals surface area (Å²) >= 11 is 6.08. The van der Waals surface area contributed by atoms with Gasteiger partial charge in [0.2, 0.25) is 5.91 Å². The average molecular weight is 358 g/mol. The largest absolute Gasteiger partial charge is 0.383 e. The molecule has 2 rings (SSSR count). The molecule has 1 fully saturated rings. The van der Waals surface area contributed by atoms with Gasteiger partial charge in [-0.2, -0.15) is 0 Å². The minimum Gasteiger partial charge on any atom is -0.383 e. The van der Waals surface area contributed by atoms with Gasteiger partial charge in [-0.1, -0.05) is 17.7 Å². The molecule has 1 aromatic rings. The quantitative estimate of drug-likeness (QED) is 0.807. The Morgan fingerprint density at radius 2 is 2.00 bits per heavy atom. The number of hydrogen-bond acceptors (Lipinski definition) is 4. The van der Waals surface area contributed by atoms with Crippen molar-refractivity contribution in [2.45, 2.75) is 19.5 Å². The fraction of sp³-hybridized carbons (Fsp3) is 0.588. The number of benzene rings is 1. The number of nitrogens with zero attached hydrogens (tertiary/aromatic N) is 2. The zero-order chi connectivity index (χ0) is 17.5. The monoisotopic (exact) mass is 357 g/mol. The molecular weight excluding hydrogens is 333 g/mol. The van der Waals surface area contributed by atoms with E-state index in [4.69, 9.17) is 16.3 Å². The number of piperazine rings is 1. The Kier molecular flexibility index (Phi) is 7.42. The van der Waals surface area contributed by atoms with E-state index in [1.54, 1.807) is 13.2 Å². The highest BCUT2D eigenvalue weighted by Crippen LogP contribution is 2.19. The van der Waals surface area contributed by atoms with Crippen LogP contribution in [0, 0.1) is 5.82 Å². The van der Waals surface area contributed by atoms with Gasteiger partial charge in [0, 0.05) is 50.9 Å². The number of nitrogens with one attached hydrogen (secondary N) is 1. The zero-order valence-electron chi connectivity index (χ0n) is 14.2. The Morgan fingerprint density at radius 3 is 2.62 bits per heavy atom. The van der Waals surface area contributed by atoms with Crippen LogP contribution >= 0.6 is 11.6 Å². The summed E-state index contributed by atoms with van der Waals surface area (Å²) < 4.78 is 18.1. The summed E-state index contributed by atoms with van der Waals surface area (Å²) in [5, 5.41) is 3.38. The molecule has 0 bridgehead atoms. The van der Waals surface area contributed by atoms with Gasteiger partial charge in [0.05, 0.1) is 13.2 Å². The second kappa shape index (κ2) is 9.32. The van der Waals surface area contributed by atoms with Crippen LogP contribution < -0.4 is 5.32 Å². The molecule has 1 atom stereocenters. The summed E-state index contributed by atoms with van der Waals surface area (Å²) in [5.74, 6) is -0.295. The molecule has 0 radical (unpaired) electrons. The third-order valence-electron chi connectivity index (χ3n) is 4.07. The van der Waals surface area contributed by atoms with Crippen LogP contribution in [0.25, 0.3) is 0 Å². The molecule has 1 aromatic carbocycles. The van der Waals surface area contributed by atoms with Crippen LogP contribution in [0.3, 0.4) is 0 Å². The third kappa shape index (κ3) is 6.02. The topological polar surface area (TPSA) is 44.8 Å². The summed E-state index contributed by atoms with van der Waals surface area (Å²) in [6.07, 6.45) is 0. The normalized spacial score (nSPS) is 17.7. The Balaban J connectivity index is 1.74. The molecule has 24 heavy (non-hydrogen) atoms. The van der Waals surface area contributed by atoms with Crippen molar-refractivity contribution in [3.8, 4) is 0 Å². The number of hydrogen-bond donors (Lipinski definition) is 1. The summed E-state index contributed by atoms with van der Waals surface area (Å²) in [7, 11) is 1.62. The van der Waals surface area contributed by atoms with Gasteiger partial charge >= 0.3 is 0 Å². The van der Waals surface area contributed by atoms with Crippen LogP contribution in [0.15, 0.2) is 18.2 Å². The maximum atomic E-state index is 13.1. The summed E-state index contributed by atoms with van der Waals surface area (Å²) in [5.41, 5.74) is 0.928. The molecule has 0 spiro atoms. The van der Waals surface area contributed by atoms with Gasteiger partial charge in [0.25, 0.3) is 0 Å². The predicted molar refractivity (Wildman–Crippen MR) is 92.6 cm³/mol. The second-order valence-corrected chi connectivity index (χ2v) is 6.62. The SMILES string of the molecule is COCC(C)NC(=O)CN1CCN(Cc2ccc(F)cc2Cl)CC1. The van der Waals surface area contributed by atoms with E-state index in [9.17, 15) is 9.18 Å². The lowest BCUT2D eigenvalue weighted by atomic mass is 10.2. The van der Waals surface area contributed by atoms with E-state index in [1.165, 1.54) is 12.1 Å². The maximum absolute atomic E-state index is 13.1. The van der Waals surface area contributed by atoms with Gasteiger partial charge in [0.1, 0.15) is 5.82 Å². The van der Waals surface area contributed by atoms with E-state index >= 15 is 0 Å². The predicted octanol–water partition coefficient (Wildman–Crippen LogP) is 1.75. The molecule has 7 heteroatoms. The van der Waals surface area contributed by atoms with Crippen molar-refractivity contribution in [3.63, 3.8) is 0 Å². The van der Waals surface area contributed by atoms with E-state index in [0.29, 0.717) is 24.7 Å². The van der Waals surface area contributed by atoms with Gasteiger partial charge < -0.3 is 10.1 Å². The molecule has 1 aliphatic heterocycles. The van der Waals surface area contributed by atoms with Gasteiger partial charge in [0.15, 0.2) is 0 Å². The summed E-state index contributed by atoms with van der Waals surface area (Å²) in [6, 6.07) is 4.53. The molecule has 1 saturated heterocycles. The summed E-state index contributed by atoms with van der Waals surface area (Å²) in [4.78, 5) is 16.4. The van der Waals surface area contributed by atoms with Crippen LogP contribution in [0.2, 0.25) is 5.02 Å². The molecule has 134 valence electrons. The smallest absolute Gasteiger partial charge is 0.234 e. The molecule has 1 N–H and O–H groups in total. The number of carbonyl (C=O) groups is 1. The molecule has 1 aliphatic rings. The number of rotatable bonds is 7. The second-order valence-electron chi connectivity index (χ2n) is 6.21. The van der Waals surface area contributed by atoms with Crippen LogP contribution in [0.1, 0.15) is 12.5 Å². The van der Waals surface area contributed by atoms with Crippen LogP contribution in [0.5, 0.6) is 0 Å². The first-order chi connectivity index (χ1) is 11.5. The fourth-order valence-electron chi connectivity index (χ4n) is 2.81. The Morgan fingerprint density at radius 1 is 1.33 bits per heavy atom. The Hall–Kier alpha value is -1.21. The van der Waals surface area contributed by atoms with Crippen molar-refractivity contribution in [1.82, 2.24) is 15.1 Å². The third-order valence-corrected chi connectivity index (χ3v) is 4.42. The lowest BCUT2D eigenvalue weighted by molar-refractivity contribution is -0.123. The van der Waals surface area contributed by atoms with Crippen molar-refractivity contribution in [2.24, 2.45) is 0 Å². The molecule has 0 saturated carbocycles.